The highest BCUT2D eigenvalue weighted by atomic mass is 16.1. The summed E-state index contributed by atoms with van der Waals surface area (Å²) in [5, 5.41) is 9.15. The molecule has 0 unspecified atom stereocenters. The van der Waals surface area contributed by atoms with Crippen LogP contribution >= 0.6 is 0 Å². The maximum absolute atomic E-state index is 10.7. The third kappa shape index (κ3) is 3.08. The van der Waals surface area contributed by atoms with Crippen LogP contribution in [0.25, 0.3) is 17.2 Å². The first-order valence-electron chi connectivity index (χ1n) is 5.78. The molecule has 0 saturated carbocycles. The summed E-state index contributed by atoms with van der Waals surface area (Å²) in [5.41, 5.74) is 8.25. The van der Waals surface area contributed by atoms with Gasteiger partial charge in [-0.15, -0.1) is 0 Å². The largest absolute Gasteiger partial charge is 0.366 e. The van der Waals surface area contributed by atoms with Gasteiger partial charge in [-0.3, -0.25) is 4.79 Å². The van der Waals surface area contributed by atoms with Crippen LogP contribution in [0.2, 0.25) is 0 Å². The summed E-state index contributed by atoms with van der Waals surface area (Å²) in [6, 6.07) is 17.4. The number of hydrogen-bond acceptors (Lipinski definition) is 2. The molecule has 3 heteroatoms. The van der Waals surface area contributed by atoms with Crippen molar-refractivity contribution in [2.45, 2.75) is 0 Å². The monoisotopic (exact) mass is 248 g/mol. The van der Waals surface area contributed by atoms with E-state index >= 15 is 0 Å². The van der Waals surface area contributed by atoms with Crippen LogP contribution < -0.4 is 5.73 Å². The van der Waals surface area contributed by atoms with Gasteiger partial charge in [-0.05, 0) is 28.8 Å². The van der Waals surface area contributed by atoms with Crippen molar-refractivity contribution in [2.75, 3.05) is 0 Å². The molecule has 2 aromatic carbocycles. The first-order chi connectivity index (χ1) is 9.20. The Balaban J connectivity index is 2.43. The first-order valence-corrected chi connectivity index (χ1v) is 5.78. The standard InChI is InChI=1S/C16H12N2O/c17-11-15-10-14(12-4-2-1-3-5-12)7-6-13(15)8-9-16(18)19/h1-10H,(H2,18,19)/b9-8+. The van der Waals surface area contributed by atoms with Gasteiger partial charge in [0.2, 0.25) is 5.91 Å². The molecule has 2 rings (SSSR count). The lowest BCUT2D eigenvalue weighted by Crippen LogP contribution is -2.05. The van der Waals surface area contributed by atoms with E-state index in [9.17, 15) is 4.79 Å². The molecule has 0 aromatic heterocycles. The van der Waals surface area contributed by atoms with E-state index in [2.05, 4.69) is 6.07 Å². The number of rotatable bonds is 3. The molecule has 2 aromatic rings. The summed E-state index contributed by atoms with van der Waals surface area (Å²) in [5.74, 6) is -0.531. The smallest absolute Gasteiger partial charge is 0.241 e. The average molecular weight is 248 g/mol. The van der Waals surface area contributed by atoms with Gasteiger partial charge in [0.15, 0.2) is 0 Å². The number of carbonyl (C=O) groups is 1. The summed E-state index contributed by atoms with van der Waals surface area (Å²) in [6.07, 6.45) is 2.80. The fourth-order valence-corrected chi connectivity index (χ4v) is 1.78. The molecule has 3 nitrogen and oxygen atoms in total. The lowest BCUT2D eigenvalue weighted by molar-refractivity contribution is -0.113. The van der Waals surface area contributed by atoms with Crippen molar-refractivity contribution in [3.63, 3.8) is 0 Å². The van der Waals surface area contributed by atoms with E-state index in [1.807, 2.05) is 36.4 Å². The fraction of sp³-hybridized carbons (Fsp3) is 0. The van der Waals surface area contributed by atoms with Crippen molar-refractivity contribution in [1.82, 2.24) is 0 Å². The molecule has 0 aliphatic heterocycles. The molecule has 0 fully saturated rings. The van der Waals surface area contributed by atoms with Crippen molar-refractivity contribution in [1.29, 1.82) is 5.26 Å². The molecular weight excluding hydrogens is 236 g/mol. The lowest BCUT2D eigenvalue weighted by Gasteiger charge is -2.04. The summed E-state index contributed by atoms with van der Waals surface area (Å²) in [6.45, 7) is 0. The van der Waals surface area contributed by atoms with Gasteiger partial charge in [0.1, 0.15) is 0 Å². The zero-order chi connectivity index (χ0) is 13.7. The molecule has 19 heavy (non-hydrogen) atoms. The second kappa shape index (κ2) is 5.65. The first kappa shape index (κ1) is 12.6. The van der Waals surface area contributed by atoms with Gasteiger partial charge >= 0.3 is 0 Å². The Morgan fingerprint density at radius 1 is 1.11 bits per heavy atom. The number of carbonyl (C=O) groups excluding carboxylic acids is 1. The van der Waals surface area contributed by atoms with Crippen LogP contribution in [0.15, 0.2) is 54.6 Å². The number of benzene rings is 2. The highest BCUT2D eigenvalue weighted by Crippen LogP contribution is 2.22. The molecule has 0 spiro atoms. The Morgan fingerprint density at radius 3 is 2.47 bits per heavy atom. The van der Waals surface area contributed by atoms with E-state index in [1.54, 1.807) is 18.2 Å². The minimum absolute atomic E-state index is 0.513. The predicted octanol–water partition coefficient (Wildman–Crippen LogP) is 2.72. The molecular formula is C16H12N2O. The second-order valence-electron chi connectivity index (χ2n) is 4.02. The molecule has 0 heterocycles. The zero-order valence-corrected chi connectivity index (χ0v) is 10.2. The van der Waals surface area contributed by atoms with Gasteiger partial charge in [-0.2, -0.15) is 5.26 Å². The fourth-order valence-electron chi connectivity index (χ4n) is 1.78. The van der Waals surface area contributed by atoms with E-state index in [0.29, 0.717) is 11.1 Å². The molecule has 0 bridgehead atoms. The van der Waals surface area contributed by atoms with Gasteiger partial charge in [-0.1, -0.05) is 42.5 Å². The average Bonchev–Trinajstić information content (AvgIpc) is 2.45. The quantitative estimate of drug-likeness (QED) is 0.848. The van der Waals surface area contributed by atoms with E-state index in [-0.39, 0.29) is 0 Å². The van der Waals surface area contributed by atoms with Gasteiger partial charge < -0.3 is 5.73 Å². The highest BCUT2D eigenvalue weighted by Gasteiger charge is 2.03. The van der Waals surface area contributed by atoms with Crippen molar-refractivity contribution < 1.29 is 4.79 Å². The molecule has 2 N–H and O–H groups in total. The van der Waals surface area contributed by atoms with Crippen molar-refractivity contribution in [3.05, 3.63) is 65.7 Å². The summed E-state index contributed by atoms with van der Waals surface area (Å²) in [7, 11) is 0. The number of amides is 1. The van der Waals surface area contributed by atoms with Gasteiger partial charge in [-0.25, -0.2) is 0 Å². The van der Waals surface area contributed by atoms with E-state index in [0.717, 1.165) is 11.1 Å². The Morgan fingerprint density at radius 2 is 1.84 bits per heavy atom. The normalized spacial score (nSPS) is 10.3. The molecule has 0 aliphatic rings. The van der Waals surface area contributed by atoms with Crippen LogP contribution in [0.4, 0.5) is 0 Å². The molecule has 1 amide bonds. The minimum Gasteiger partial charge on any atom is -0.366 e. The Bertz CT molecular complexity index is 667. The van der Waals surface area contributed by atoms with Crippen molar-refractivity contribution in [2.24, 2.45) is 5.73 Å². The second-order valence-corrected chi connectivity index (χ2v) is 4.02. The zero-order valence-electron chi connectivity index (χ0n) is 10.2. The number of hydrogen-bond donors (Lipinski definition) is 1. The van der Waals surface area contributed by atoms with Gasteiger partial charge in [0.25, 0.3) is 0 Å². The summed E-state index contributed by atoms with van der Waals surface area (Å²) < 4.78 is 0. The number of nitrogens with two attached hydrogens (primary N) is 1. The highest BCUT2D eigenvalue weighted by molar-refractivity contribution is 5.90. The van der Waals surface area contributed by atoms with E-state index in [1.165, 1.54) is 6.08 Å². The third-order valence-corrected chi connectivity index (χ3v) is 2.71. The molecule has 0 aliphatic carbocycles. The topological polar surface area (TPSA) is 66.9 Å². The maximum atomic E-state index is 10.7. The SMILES string of the molecule is N#Cc1cc(-c2ccccc2)ccc1/C=C/C(N)=O. The summed E-state index contributed by atoms with van der Waals surface area (Å²) in [4.78, 5) is 10.7. The molecule has 0 atom stereocenters. The van der Waals surface area contributed by atoms with Crippen molar-refractivity contribution >= 4 is 12.0 Å². The van der Waals surface area contributed by atoms with Crippen molar-refractivity contribution in [3.8, 4) is 17.2 Å². The Labute approximate surface area is 111 Å². The molecule has 0 radical (unpaired) electrons. The Kier molecular flexibility index (Phi) is 3.75. The van der Waals surface area contributed by atoms with Crippen LogP contribution in [0.3, 0.4) is 0 Å². The van der Waals surface area contributed by atoms with Crippen LogP contribution in [-0.2, 0) is 4.79 Å². The third-order valence-electron chi connectivity index (χ3n) is 2.71. The minimum atomic E-state index is -0.531. The van der Waals surface area contributed by atoms with E-state index in [4.69, 9.17) is 11.0 Å². The molecule has 92 valence electrons. The van der Waals surface area contributed by atoms with Crippen LogP contribution in [0.5, 0.6) is 0 Å². The molecule has 0 saturated heterocycles. The van der Waals surface area contributed by atoms with E-state index < -0.39 is 5.91 Å². The van der Waals surface area contributed by atoms with Crippen LogP contribution in [0.1, 0.15) is 11.1 Å². The van der Waals surface area contributed by atoms with Gasteiger partial charge in [0, 0.05) is 6.08 Å². The predicted molar refractivity (Wildman–Crippen MR) is 74.8 cm³/mol. The number of primary amides is 1. The van der Waals surface area contributed by atoms with Crippen LogP contribution in [0, 0.1) is 11.3 Å². The Hall–Kier alpha value is -2.86. The number of nitriles is 1. The lowest BCUT2D eigenvalue weighted by atomic mass is 9.99. The summed E-state index contributed by atoms with van der Waals surface area (Å²) >= 11 is 0. The van der Waals surface area contributed by atoms with Crippen LogP contribution in [-0.4, -0.2) is 5.91 Å². The number of nitrogens with zero attached hydrogens (tertiary/aromatic N) is 1. The maximum Gasteiger partial charge on any atom is 0.241 e. The van der Waals surface area contributed by atoms with Gasteiger partial charge in [0.05, 0.1) is 11.6 Å².